The van der Waals surface area contributed by atoms with Crippen molar-refractivity contribution in [1.82, 2.24) is 20.5 Å². The van der Waals surface area contributed by atoms with Crippen LogP contribution < -0.4 is 15.4 Å². The molecule has 0 atom stereocenters. The molecule has 0 spiro atoms. The van der Waals surface area contributed by atoms with E-state index in [0.29, 0.717) is 37.1 Å². The molecule has 3 aromatic rings. The van der Waals surface area contributed by atoms with Crippen molar-refractivity contribution < 1.29 is 9.53 Å². The van der Waals surface area contributed by atoms with Crippen molar-refractivity contribution in [3.8, 4) is 5.88 Å². The summed E-state index contributed by atoms with van der Waals surface area (Å²) in [7, 11) is 5.21. The number of hydrogen-bond donors (Lipinski definition) is 2. The number of aliphatic imine (C=N–C) groups is 1. The molecule has 0 aliphatic rings. The van der Waals surface area contributed by atoms with Crippen LogP contribution in [0, 0.1) is 0 Å². The average Bonchev–Trinajstić information content (AvgIpc) is 2.84. The lowest BCUT2D eigenvalue weighted by molar-refractivity contribution is 0.0827. The van der Waals surface area contributed by atoms with Crippen molar-refractivity contribution in [1.29, 1.82) is 0 Å². The molecule has 0 saturated heterocycles. The van der Waals surface area contributed by atoms with Gasteiger partial charge in [-0.15, -0.1) is 0 Å². The van der Waals surface area contributed by atoms with Gasteiger partial charge in [0.1, 0.15) is 6.61 Å². The fourth-order valence-electron chi connectivity index (χ4n) is 3.02. The summed E-state index contributed by atoms with van der Waals surface area (Å²) >= 11 is 0. The van der Waals surface area contributed by atoms with Gasteiger partial charge in [-0.25, -0.2) is 4.98 Å². The minimum Gasteiger partial charge on any atom is -0.473 e. The van der Waals surface area contributed by atoms with E-state index < -0.39 is 0 Å². The van der Waals surface area contributed by atoms with Crippen molar-refractivity contribution in [2.45, 2.75) is 19.7 Å². The molecule has 7 heteroatoms. The van der Waals surface area contributed by atoms with Gasteiger partial charge in [0.15, 0.2) is 5.96 Å². The molecule has 1 aromatic heterocycles. The molecule has 2 aromatic carbocycles. The summed E-state index contributed by atoms with van der Waals surface area (Å²) in [5, 5.41) is 6.58. The molecule has 1 amide bonds. The number of carbonyl (C=O) groups is 1. The molecule has 2 N–H and O–H groups in total. The highest BCUT2D eigenvalue weighted by molar-refractivity contribution is 5.93. The predicted molar refractivity (Wildman–Crippen MR) is 127 cm³/mol. The molecular weight excluding hydrogens is 402 g/mol. The lowest BCUT2D eigenvalue weighted by Gasteiger charge is -2.15. The van der Waals surface area contributed by atoms with Gasteiger partial charge >= 0.3 is 0 Å². The minimum absolute atomic E-state index is 0.0104. The normalized spacial score (nSPS) is 11.0. The summed E-state index contributed by atoms with van der Waals surface area (Å²) in [6.45, 7) is 1.57. The van der Waals surface area contributed by atoms with Crippen molar-refractivity contribution in [2.24, 2.45) is 4.99 Å². The first-order chi connectivity index (χ1) is 15.6. The smallest absolute Gasteiger partial charge is 0.253 e. The highest BCUT2D eigenvalue weighted by Crippen LogP contribution is 2.16. The Morgan fingerprint density at radius 2 is 1.66 bits per heavy atom. The van der Waals surface area contributed by atoms with Gasteiger partial charge in [0.25, 0.3) is 5.91 Å². The quantitative estimate of drug-likeness (QED) is 0.423. The molecule has 0 aliphatic carbocycles. The summed E-state index contributed by atoms with van der Waals surface area (Å²) in [4.78, 5) is 22.2. The maximum Gasteiger partial charge on any atom is 0.253 e. The largest absolute Gasteiger partial charge is 0.473 e. The number of benzene rings is 2. The van der Waals surface area contributed by atoms with Crippen molar-refractivity contribution in [3.05, 3.63) is 95.2 Å². The van der Waals surface area contributed by atoms with Gasteiger partial charge in [0.05, 0.1) is 0 Å². The second kappa shape index (κ2) is 11.5. The van der Waals surface area contributed by atoms with Crippen molar-refractivity contribution in [3.63, 3.8) is 0 Å². The highest BCUT2D eigenvalue weighted by Gasteiger charge is 2.09. The molecule has 0 unspecified atom stereocenters. The molecule has 0 fully saturated rings. The fraction of sp³-hybridized carbons (Fsp3) is 0.240. The van der Waals surface area contributed by atoms with Crippen LogP contribution in [0.3, 0.4) is 0 Å². The second-order valence-electron chi connectivity index (χ2n) is 7.42. The number of rotatable bonds is 8. The van der Waals surface area contributed by atoms with Crippen LogP contribution in [-0.2, 0) is 19.7 Å². The summed E-state index contributed by atoms with van der Waals surface area (Å²) in [6.07, 6.45) is 1.72. The van der Waals surface area contributed by atoms with E-state index in [9.17, 15) is 4.79 Å². The molecule has 7 nitrogen and oxygen atoms in total. The zero-order valence-corrected chi connectivity index (χ0v) is 18.7. The number of pyridine rings is 1. The Bertz CT molecular complexity index is 1030. The number of carbonyl (C=O) groups excluding carboxylic acids is 1. The van der Waals surface area contributed by atoms with Crippen LogP contribution in [-0.4, -0.2) is 42.9 Å². The van der Waals surface area contributed by atoms with E-state index in [-0.39, 0.29) is 5.91 Å². The molecule has 1 heterocycles. The Hall–Kier alpha value is -3.87. The average molecular weight is 432 g/mol. The topological polar surface area (TPSA) is 78.9 Å². The van der Waals surface area contributed by atoms with Gasteiger partial charge in [0, 0.05) is 51.6 Å². The Kier molecular flexibility index (Phi) is 8.20. The van der Waals surface area contributed by atoms with Crippen LogP contribution >= 0.6 is 0 Å². The van der Waals surface area contributed by atoms with Crippen LogP contribution in [0.2, 0.25) is 0 Å². The van der Waals surface area contributed by atoms with Gasteiger partial charge in [-0.05, 0) is 29.3 Å². The number of nitrogens with zero attached hydrogens (tertiary/aromatic N) is 3. The first-order valence-electron chi connectivity index (χ1n) is 10.4. The van der Waals surface area contributed by atoms with Gasteiger partial charge < -0.3 is 20.3 Å². The first-order valence-corrected chi connectivity index (χ1v) is 10.4. The number of guanidine groups is 1. The van der Waals surface area contributed by atoms with Crippen LogP contribution in [0.1, 0.15) is 27.0 Å². The van der Waals surface area contributed by atoms with Gasteiger partial charge in [-0.3, -0.25) is 9.79 Å². The van der Waals surface area contributed by atoms with Gasteiger partial charge in [-0.2, -0.15) is 0 Å². The Morgan fingerprint density at radius 3 is 2.34 bits per heavy atom. The second-order valence-corrected chi connectivity index (χ2v) is 7.42. The number of amides is 1. The summed E-state index contributed by atoms with van der Waals surface area (Å²) in [6, 6.07) is 21.4. The van der Waals surface area contributed by atoms with E-state index in [1.54, 1.807) is 32.2 Å². The zero-order chi connectivity index (χ0) is 22.8. The van der Waals surface area contributed by atoms with Crippen molar-refractivity contribution >= 4 is 11.9 Å². The molecule has 0 radical (unpaired) electrons. The van der Waals surface area contributed by atoms with Crippen molar-refractivity contribution in [2.75, 3.05) is 21.1 Å². The van der Waals surface area contributed by atoms with Gasteiger partial charge in [0.2, 0.25) is 5.88 Å². The number of hydrogen-bond acceptors (Lipinski definition) is 4. The summed E-state index contributed by atoms with van der Waals surface area (Å²) < 4.78 is 5.92. The van der Waals surface area contributed by atoms with Gasteiger partial charge in [-0.1, -0.05) is 48.5 Å². The van der Waals surface area contributed by atoms with E-state index in [2.05, 4.69) is 20.6 Å². The Balaban J connectivity index is 1.53. The standard InChI is InChI=1S/C25H29N5O2/c1-26-25(28-16-19-11-13-21(14-12-19)24(31)30(2)3)29-17-22-10-7-15-27-23(22)32-18-20-8-5-4-6-9-20/h4-15H,16-18H2,1-3H3,(H2,26,28,29). The minimum atomic E-state index is -0.0104. The van der Waals surface area contributed by atoms with Crippen LogP contribution in [0.4, 0.5) is 0 Å². The SMILES string of the molecule is CN=C(NCc1ccc(C(=O)N(C)C)cc1)NCc1cccnc1OCc1ccccc1. The molecule has 3 rings (SSSR count). The lowest BCUT2D eigenvalue weighted by Crippen LogP contribution is -2.36. The van der Waals surface area contributed by atoms with E-state index in [1.165, 1.54) is 0 Å². The number of ether oxygens (including phenoxy) is 1. The Morgan fingerprint density at radius 1 is 0.938 bits per heavy atom. The zero-order valence-electron chi connectivity index (χ0n) is 18.7. The molecule has 0 saturated carbocycles. The van der Waals surface area contributed by atoms with E-state index in [0.717, 1.165) is 16.7 Å². The van der Waals surface area contributed by atoms with Crippen LogP contribution in [0.15, 0.2) is 77.9 Å². The fourth-order valence-corrected chi connectivity index (χ4v) is 3.02. The van der Waals surface area contributed by atoms with E-state index >= 15 is 0 Å². The number of nitrogens with one attached hydrogen (secondary N) is 2. The number of aromatic nitrogens is 1. The summed E-state index contributed by atoms with van der Waals surface area (Å²) in [5.41, 5.74) is 3.75. The van der Waals surface area contributed by atoms with E-state index in [4.69, 9.17) is 4.74 Å². The van der Waals surface area contributed by atoms with E-state index in [1.807, 2.05) is 66.7 Å². The molecule has 32 heavy (non-hydrogen) atoms. The predicted octanol–water partition coefficient (Wildman–Crippen LogP) is 3.23. The maximum atomic E-state index is 12.0. The highest BCUT2D eigenvalue weighted by atomic mass is 16.5. The third-order valence-corrected chi connectivity index (χ3v) is 4.81. The molecule has 0 bridgehead atoms. The molecular formula is C25H29N5O2. The monoisotopic (exact) mass is 431 g/mol. The first kappa shape index (κ1) is 22.8. The third-order valence-electron chi connectivity index (χ3n) is 4.81. The Labute approximate surface area is 189 Å². The lowest BCUT2D eigenvalue weighted by atomic mass is 10.1. The third kappa shape index (κ3) is 6.57. The maximum absolute atomic E-state index is 12.0. The molecule has 0 aliphatic heterocycles. The molecule has 166 valence electrons. The van der Waals surface area contributed by atoms with Crippen LogP contribution in [0.5, 0.6) is 5.88 Å². The van der Waals surface area contributed by atoms with Crippen LogP contribution in [0.25, 0.3) is 0 Å². The summed E-state index contributed by atoms with van der Waals surface area (Å²) in [5.74, 6) is 1.25.